The predicted octanol–water partition coefficient (Wildman–Crippen LogP) is 3.89. The Balaban J connectivity index is 2.24. The lowest BCUT2D eigenvalue weighted by molar-refractivity contribution is 0.204. The summed E-state index contributed by atoms with van der Waals surface area (Å²) in [7, 11) is 0. The van der Waals surface area contributed by atoms with Crippen molar-refractivity contribution in [3.63, 3.8) is 0 Å². The average molecular weight is 284 g/mol. The summed E-state index contributed by atoms with van der Waals surface area (Å²) < 4.78 is 5.47. The van der Waals surface area contributed by atoms with Gasteiger partial charge < -0.3 is 9.84 Å². The molecule has 2 nitrogen and oxygen atoms in total. The largest absolute Gasteiger partial charge is 0.494 e. The van der Waals surface area contributed by atoms with Crippen molar-refractivity contribution in [1.29, 1.82) is 0 Å². The van der Waals surface area contributed by atoms with E-state index < -0.39 is 0 Å². The molecule has 1 N–H and O–H groups in total. The van der Waals surface area contributed by atoms with Crippen molar-refractivity contribution in [2.24, 2.45) is 0 Å². The number of aliphatic hydroxyl groups excluding tert-OH is 1. The quantitative estimate of drug-likeness (QED) is 0.872. The standard InChI is InChI=1S/C19H24O2/c1-4-21-17-11-9-16(10-12-17)13-19(3,14-20)18-8-6-5-7-15(18)2/h5-12,20H,4,13-14H2,1-3H3. The monoisotopic (exact) mass is 284 g/mol. The van der Waals surface area contributed by atoms with E-state index in [1.165, 1.54) is 16.7 Å². The van der Waals surface area contributed by atoms with E-state index in [0.717, 1.165) is 12.2 Å². The van der Waals surface area contributed by atoms with Crippen molar-refractivity contribution in [3.05, 3.63) is 65.2 Å². The molecule has 0 saturated carbocycles. The normalized spacial score (nSPS) is 13.7. The van der Waals surface area contributed by atoms with Crippen LogP contribution in [0, 0.1) is 6.92 Å². The third-order valence-corrected chi connectivity index (χ3v) is 3.97. The lowest BCUT2D eigenvalue weighted by Crippen LogP contribution is -2.30. The van der Waals surface area contributed by atoms with Gasteiger partial charge >= 0.3 is 0 Å². The fourth-order valence-electron chi connectivity index (χ4n) is 2.81. The molecule has 0 aliphatic carbocycles. The Hall–Kier alpha value is -1.80. The summed E-state index contributed by atoms with van der Waals surface area (Å²) in [4.78, 5) is 0. The molecule has 0 saturated heterocycles. The highest BCUT2D eigenvalue weighted by molar-refractivity contribution is 5.36. The first-order valence-corrected chi connectivity index (χ1v) is 7.48. The lowest BCUT2D eigenvalue weighted by Gasteiger charge is -2.30. The van der Waals surface area contributed by atoms with Gasteiger partial charge in [0.2, 0.25) is 0 Å². The van der Waals surface area contributed by atoms with E-state index >= 15 is 0 Å². The smallest absolute Gasteiger partial charge is 0.119 e. The van der Waals surface area contributed by atoms with Crippen LogP contribution in [0.25, 0.3) is 0 Å². The molecule has 0 radical (unpaired) electrons. The average Bonchev–Trinajstić information content (AvgIpc) is 2.50. The van der Waals surface area contributed by atoms with Crippen LogP contribution in [0.3, 0.4) is 0 Å². The molecular weight excluding hydrogens is 260 g/mol. The minimum absolute atomic E-state index is 0.130. The zero-order valence-corrected chi connectivity index (χ0v) is 13.1. The summed E-state index contributed by atoms with van der Waals surface area (Å²) >= 11 is 0. The zero-order valence-electron chi connectivity index (χ0n) is 13.1. The number of hydrogen-bond donors (Lipinski definition) is 1. The molecule has 0 fully saturated rings. The van der Waals surface area contributed by atoms with E-state index in [9.17, 15) is 5.11 Å². The van der Waals surface area contributed by atoms with E-state index in [4.69, 9.17) is 4.74 Å². The zero-order chi connectivity index (χ0) is 15.3. The number of aryl methyl sites for hydroxylation is 1. The molecule has 21 heavy (non-hydrogen) atoms. The van der Waals surface area contributed by atoms with E-state index in [2.05, 4.69) is 38.1 Å². The van der Waals surface area contributed by atoms with Gasteiger partial charge in [0.1, 0.15) is 5.75 Å². The van der Waals surface area contributed by atoms with Crippen LogP contribution in [0.2, 0.25) is 0 Å². The van der Waals surface area contributed by atoms with Gasteiger partial charge in [0, 0.05) is 5.41 Å². The van der Waals surface area contributed by atoms with Gasteiger partial charge in [-0.15, -0.1) is 0 Å². The molecule has 2 aromatic carbocycles. The second-order valence-electron chi connectivity index (χ2n) is 5.79. The second kappa shape index (κ2) is 6.77. The SMILES string of the molecule is CCOc1ccc(CC(C)(CO)c2ccccc2C)cc1. The summed E-state index contributed by atoms with van der Waals surface area (Å²) in [5.74, 6) is 0.892. The third kappa shape index (κ3) is 3.64. The third-order valence-electron chi connectivity index (χ3n) is 3.97. The minimum Gasteiger partial charge on any atom is -0.494 e. The van der Waals surface area contributed by atoms with Gasteiger partial charge in [0.05, 0.1) is 13.2 Å². The highest BCUT2D eigenvalue weighted by Crippen LogP contribution is 2.30. The Kier molecular flexibility index (Phi) is 5.03. The molecule has 2 aromatic rings. The molecule has 0 bridgehead atoms. The molecule has 0 spiro atoms. The maximum Gasteiger partial charge on any atom is 0.119 e. The molecule has 1 unspecified atom stereocenters. The second-order valence-corrected chi connectivity index (χ2v) is 5.79. The first kappa shape index (κ1) is 15.6. The molecule has 0 heterocycles. The van der Waals surface area contributed by atoms with Crippen molar-refractivity contribution >= 4 is 0 Å². The summed E-state index contributed by atoms with van der Waals surface area (Å²) in [5, 5.41) is 9.94. The molecular formula is C19H24O2. The molecule has 2 heteroatoms. The van der Waals surface area contributed by atoms with Gasteiger partial charge in [-0.25, -0.2) is 0 Å². The van der Waals surface area contributed by atoms with Crippen LogP contribution in [0.1, 0.15) is 30.5 Å². The number of hydrogen-bond acceptors (Lipinski definition) is 2. The Bertz CT molecular complexity index is 574. The lowest BCUT2D eigenvalue weighted by atomic mass is 9.76. The van der Waals surface area contributed by atoms with Gasteiger partial charge in [-0.05, 0) is 49.1 Å². The van der Waals surface area contributed by atoms with Crippen LogP contribution in [0.15, 0.2) is 48.5 Å². The molecule has 2 rings (SSSR count). The Morgan fingerprint density at radius 3 is 2.29 bits per heavy atom. The summed E-state index contributed by atoms with van der Waals surface area (Å²) in [5.41, 5.74) is 3.37. The van der Waals surface area contributed by atoms with Crippen LogP contribution < -0.4 is 4.74 Å². The van der Waals surface area contributed by atoms with Crippen molar-refractivity contribution in [3.8, 4) is 5.75 Å². The van der Waals surface area contributed by atoms with Crippen LogP contribution in [0.4, 0.5) is 0 Å². The molecule has 0 aliphatic heterocycles. The maximum absolute atomic E-state index is 9.94. The molecule has 1 atom stereocenters. The predicted molar refractivity (Wildman–Crippen MR) is 86.9 cm³/mol. The van der Waals surface area contributed by atoms with Crippen molar-refractivity contribution in [2.75, 3.05) is 13.2 Å². The van der Waals surface area contributed by atoms with Crippen molar-refractivity contribution in [2.45, 2.75) is 32.6 Å². The van der Waals surface area contributed by atoms with Crippen LogP contribution >= 0.6 is 0 Å². The fourth-order valence-corrected chi connectivity index (χ4v) is 2.81. The summed E-state index contributed by atoms with van der Waals surface area (Å²) in [6.07, 6.45) is 0.806. The molecule has 112 valence electrons. The highest BCUT2D eigenvalue weighted by Gasteiger charge is 2.27. The van der Waals surface area contributed by atoms with Crippen molar-refractivity contribution in [1.82, 2.24) is 0 Å². The fraction of sp³-hybridized carbons (Fsp3) is 0.368. The molecule has 0 aliphatic rings. The van der Waals surface area contributed by atoms with Gasteiger partial charge in [-0.3, -0.25) is 0 Å². The maximum atomic E-state index is 9.94. The molecule has 0 aromatic heterocycles. The topological polar surface area (TPSA) is 29.5 Å². The summed E-state index contributed by atoms with van der Waals surface area (Å²) in [6.45, 7) is 7.00. The van der Waals surface area contributed by atoms with E-state index in [1.54, 1.807) is 0 Å². The van der Waals surface area contributed by atoms with E-state index in [1.807, 2.05) is 31.2 Å². The van der Waals surface area contributed by atoms with E-state index in [0.29, 0.717) is 6.61 Å². The van der Waals surface area contributed by atoms with E-state index in [-0.39, 0.29) is 12.0 Å². The van der Waals surface area contributed by atoms with Gasteiger partial charge in [-0.1, -0.05) is 43.3 Å². The highest BCUT2D eigenvalue weighted by atomic mass is 16.5. The number of aliphatic hydroxyl groups is 1. The summed E-state index contributed by atoms with van der Waals surface area (Å²) in [6, 6.07) is 16.4. The molecule has 0 amide bonds. The number of rotatable bonds is 6. The van der Waals surface area contributed by atoms with Crippen LogP contribution in [-0.4, -0.2) is 18.3 Å². The van der Waals surface area contributed by atoms with Crippen LogP contribution in [-0.2, 0) is 11.8 Å². The van der Waals surface area contributed by atoms with Crippen LogP contribution in [0.5, 0.6) is 5.75 Å². The van der Waals surface area contributed by atoms with Crippen molar-refractivity contribution < 1.29 is 9.84 Å². The minimum atomic E-state index is -0.265. The van der Waals surface area contributed by atoms with Gasteiger partial charge in [-0.2, -0.15) is 0 Å². The number of ether oxygens (including phenoxy) is 1. The number of benzene rings is 2. The Morgan fingerprint density at radius 2 is 1.71 bits per heavy atom. The van der Waals surface area contributed by atoms with Gasteiger partial charge in [0.15, 0.2) is 0 Å². The Morgan fingerprint density at radius 1 is 1.05 bits per heavy atom. The first-order chi connectivity index (χ1) is 10.1. The first-order valence-electron chi connectivity index (χ1n) is 7.48. The van der Waals surface area contributed by atoms with Gasteiger partial charge in [0.25, 0.3) is 0 Å². The Labute approximate surface area is 127 Å².